The summed E-state index contributed by atoms with van der Waals surface area (Å²) < 4.78 is 74.8. The van der Waals surface area contributed by atoms with E-state index < -0.39 is 39.9 Å². The molecule has 7 nitrogen and oxygen atoms in total. The van der Waals surface area contributed by atoms with Crippen LogP contribution in [0.5, 0.6) is 11.5 Å². The molecule has 0 aromatic heterocycles. The molecule has 0 heterocycles. The van der Waals surface area contributed by atoms with E-state index in [2.05, 4.69) is 5.32 Å². The summed E-state index contributed by atoms with van der Waals surface area (Å²) in [4.78, 5) is 12.4. The van der Waals surface area contributed by atoms with Gasteiger partial charge in [-0.15, -0.1) is 0 Å². The van der Waals surface area contributed by atoms with Crippen molar-refractivity contribution in [3.63, 3.8) is 0 Å². The van der Waals surface area contributed by atoms with Gasteiger partial charge in [-0.2, -0.15) is 13.2 Å². The van der Waals surface area contributed by atoms with Gasteiger partial charge in [0.2, 0.25) is 15.9 Å². The summed E-state index contributed by atoms with van der Waals surface area (Å²) >= 11 is 0. The van der Waals surface area contributed by atoms with Crippen molar-refractivity contribution in [3.8, 4) is 11.5 Å². The molecule has 0 aliphatic heterocycles. The maximum absolute atomic E-state index is 13.1. The van der Waals surface area contributed by atoms with Gasteiger partial charge in [0, 0.05) is 6.07 Å². The van der Waals surface area contributed by atoms with Crippen LogP contribution >= 0.6 is 0 Å². The molecule has 0 saturated heterocycles. The molecule has 1 N–H and O–H groups in total. The number of anilines is 2. The predicted molar refractivity (Wildman–Crippen MR) is 102 cm³/mol. The minimum absolute atomic E-state index is 0.00797. The Morgan fingerprint density at radius 1 is 1.10 bits per heavy atom. The van der Waals surface area contributed by atoms with Crippen LogP contribution in [-0.2, 0) is 21.0 Å². The number of hydrogen-bond donors (Lipinski definition) is 1. The fraction of sp³-hybridized carbons (Fsp3) is 0.278. The van der Waals surface area contributed by atoms with E-state index in [4.69, 9.17) is 9.47 Å². The monoisotopic (exact) mass is 432 g/mol. The summed E-state index contributed by atoms with van der Waals surface area (Å²) in [5.74, 6) is -0.519. The third-order valence-corrected chi connectivity index (χ3v) is 4.98. The zero-order valence-electron chi connectivity index (χ0n) is 15.8. The lowest BCUT2D eigenvalue weighted by Crippen LogP contribution is -2.38. The molecule has 1 amide bonds. The molecule has 0 radical (unpaired) electrons. The molecular formula is C18H19F3N2O5S. The zero-order chi connectivity index (χ0) is 21.8. The van der Waals surface area contributed by atoms with E-state index in [1.807, 2.05) is 0 Å². The number of amides is 1. The minimum Gasteiger partial charge on any atom is -0.497 e. The second kappa shape index (κ2) is 8.60. The molecule has 0 atom stereocenters. The highest BCUT2D eigenvalue weighted by atomic mass is 32.2. The van der Waals surface area contributed by atoms with Crippen LogP contribution in [0.25, 0.3) is 0 Å². The SMILES string of the molecule is COc1ccc(OC)c(N(CC(=O)Nc2ccccc2C(F)(F)F)S(C)(=O)=O)c1. The fourth-order valence-corrected chi connectivity index (χ4v) is 3.38. The number of halogens is 3. The number of para-hydroxylation sites is 1. The Balaban J connectivity index is 2.38. The van der Waals surface area contributed by atoms with Crippen molar-refractivity contribution >= 4 is 27.3 Å². The van der Waals surface area contributed by atoms with E-state index >= 15 is 0 Å². The summed E-state index contributed by atoms with van der Waals surface area (Å²) in [6.45, 7) is -0.769. The van der Waals surface area contributed by atoms with E-state index in [1.54, 1.807) is 0 Å². The average molecular weight is 432 g/mol. The van der Waals surface area contributed by atoms with Crippen LogP contribution < -0.4 is 19.1 Å². The van der Waals surface area contributed by atoms with Crippen molar-refractivity contribution in [2.24, 2.45) is 0 Å². The zero-order valence-corrected chi connectivity index (χ0v) is 16.6. The topological polar surface area (TPSA) is 84.9 Å². The summed E-state index contributed by atoms with van der Waals surface area (Å²) in [6, 6.07) is 8.72. The summed E-state index contributed by atoms with van der Waals surface area (Å²) in [6.07, 6.45) is -3.82. The number of benzene rings is 2. The van der Waals surface area contributed by atoms with Gasteiger partial charge >= 0.3 is 6.18 Å². The second-order valence-electron chi connectivity index (χ2n) is 5.90. The number of ether oxygens (including phenoxy) is 2. The molecule has 29 heavy (non-hydrogen) atoms. The molecule has 0 bridgehead atoms. The smallest absolute Gasteiger partial charge is 0.418 e. The van der Waals surface area contributed by atoms with Crippen LogP contribution in [0.1, 0.15) is 5.56 Å². The Labute approximate surface area is 166 Å². The van der Waals surface area contributed by atoms with E-state index in [0.717, 1.165) is 22.7 Å². The Kier molecular flexibility index (Phi) is 6.62. The van der Waals surface area contributed by atoms with Crippen molar-refractivity contribution in [2.45, 2.75) is 6.18 Å². The number of nitrogens with one attached hydrogen (secondary N) is 1. The number of carbonyl (C=O) groups excluding carboxylic acids is 1. The second-order valence-corrected chi connectivity index (χ2v) is 7.81. The maximum atomic E-state index is 13.1. The average Bonchev–Trinajstić information content (AvgIpc) is 2.64. The Bertz CT molecular complexity index is 993. The number of sulfonamides is 1. The van der Waals surface area contributed by atoms with Gasteiger partial charge < -0.3 is 14.8 Å². The molecule has 0 spiro atoms. The molecule has 0 aliphatic rings. The van der Waals surface area contributed by atoms with E-state index in [1.165, 1.54) is 44.6 Å². The molecule has 158 valence electrons. The van der Waals surface area contributed by atoms with Crippen LogP contribution in [-0.4, -0.2) is 41.3 Å². The van der Waals surface area contributed by atoms with Gasteiger partial charge in [-0.25, -0.2) is 8.42 Å². The van der Waals surface area contributed by atoms with Gasteiger partial charge in [0.1, 0.15) is 18.0 Å². The van der Waals surface area contributed by atoms with Crippen molar-refractivity contribution in [1.29, 1.82) is 0 Å². The molecular weight excluding hydrogens is 413 g/mol. The first-order valence-corrected chi connectivity index (χ1v) is 9.98. The van der Waals surface area contributed by atoms with Gasteiger partial charge in [-0.05, 0) is 24.3 Å². The number of alkyl halides is 3. The van der Waals surface area contributed by atoms with Crippen LogP contribution in [0.3, 0.4) is 0 Å². The molecule has 2 rings (SSSR count). The van der Waals surface area contributed by atoms with Crippen LogP contribution in [0.15, 0.2) is 42.5 Å². The summed E-state index contributed by atoms with van der Waals surface area (Å²) in [5, 5.41) is 2.12. The van der Waals surface area contributed by atoms with Crippen LogP contribution in [0.2, 0.25) is 0 Å². The molecule has 0 aliphatic carbocycles. The van der Waals surface area contributed by atoms with E-state index in [9.17, 15) is 26.4 Å². The van der Waals surface area contributed by atoms with Gasteiger partial charge in [-0.1, -0.05) is 12.1 Å². The van der Waals surface area contributed by atoms with Crippen molar-refractivity contribution in [1.82, 2.24) is 0 Å². The Morgan fingerprint density at radius 2 is 1.76 bits per heavy atom. The Morgan fingerprint density at radius 3 is 2.31 bits per heavy atom. The highest BCUT2D eigenvalue weighted by Gasteiger charge is 2.34. The largest absolute Gasteiger partial charge is 0.497 e. The molecule has 0 saturated carbocycles. The van der Waals surface area contributed by atoms with Crippen LogP contribution in [0.4, 0.5) is 24.5 Å². The van der Waals surface area contributed by atoms with Gasteiger partial charge in [-0.3, -0.25) is 9.10 Å². The third-order valence-electron chi connectivity index (χ3n) is 3.85. The predicted octanol–water partition coefficient (Wildman–Crippen LogP) is 3.13. The lowest BCUT2D eigenvalue weighted by atomic mass is 10.1. The van der Waals surface area contributed by atoms with E-state index in [-0.39, 0.29) is 11.4 Å². The molecule has 2 aromatic rings. The molecule has 0 fully saturated rings. The number of carbonyl (C=O) groups is 1. The summed E-state index contributed by atoms with van der Waals surface area (Å²) in [7, 11) is -1.30. The quantitative estimate of drug-likeness (QED) is 0.727. The summed E-state index contributed by atoms with van der Waals surface area (Å²) in [5.41, 5.74) is -1.51. The van der Waals surface area contributed by atoms with E-state index in [0.29, 0.717) is 5.75 Å². The number of nitrogens with zero attached hydrogens (tertiary/aromatic N) is 1. The molecule has 2 aromatic carbocycles. The highest BCUT2D eigenvalue weighted by Crippen LogP contribution is 2.35. The minimum atomic E-state index is -4.68. The first-order chi connectivity index (χ1) is 13.5. The fourth-order valence-electron chi connectivity index (χ4n) is 2.53. The van der Waals surface area contributed by atoms with Gasteiger partial charge in [0.05, 0.1) is 37.4 Å². The van der Waals surface area contributed by atoms with Gasteiger partial charge in [0.15, 0.2) is 0 Å². The lowest BCUT2D eigenvalue weighted by Gasteiger charge is -2.24. The number of hydrogen-bond acceptors (Lipinski definition) is 5. The highest BCUT2D eigenvalue weighted by molar-refractivity contribution is 7.92. The number of methoxy groups -OCH3 is 2. The molecule has 0 unspecified atom stereocenters. The number of rotatable bonds is 7. The van der Waals surface area contributed by atoms with Crippen molar-refractivity contribution in [2.75, 3.05) is 36.6 Å². The Hall–Kier alpha value is -2.95. The van der Waals surface area contributed by atoms with Crippen molar-refractivity contribution < 1.29 is 35.9 Å². The van der Waals surface area contributed by atoms with Crippen LogP contribution in [0, 0.1) is 0 Å². The molecule has 11 heteroatoms. The lowest BCUT2D eigenvalue weighted by molar-refractivity contribution is -0.137. The first kappa shape index (κ1) is 22.3. The maximum Gasteiger partial charge on any atom is 0.418 e. The van der Waals surface area contributed by atoms with Gasteiger partial charge in [0.25, 0.3) is 0 Å². The normalized spacial score (nSPS) is 11.7. The standard InChI is InChI=1S/C18H19F3N2O5S/c1-27-12-8-9-16(28-2)15(10-12)23(29(3,25)26)11-17(24)22-14-7-5-4-6-13(14)18(19,20)21/h4-10H,11H2,1-3H3,(H,22,24). The van der Waals surface area contributed by atoms with Crippen molar-refractivity contribution in [3.05, 3.63) is 48.0 Å². The first-order valence-electron chi connectivity index (χ1n) is 8.13. The third kappa shape index (κ3) is 5.53.